The minimum atomic E-state index is -2.68. The van der Waals surface area contributed by atoms with E-state index in [1.54, 1.807) is 36.7 Å². The number of anilines is 1. The molecule has 3 aromatic rings. The molecule has 2 heterocycles. The Kier molecular flexibility index (Phi) is 7.48. The number of rotatable bonds is 7. The molecule has 0 aliphatic rings. The highest BCUT2D eigenvalue weighted by Crippen LogP contribution is 2.31. The van der Waals surface area contributed by atoms with Crippen LogP contribution >= 0.6 is 11.6 Å². The highest BCUT2D eigenvalue weighted by molar-refractivity contribution is 6.34. The average Bonchev–Trinajstić information content (AvgIpc) is 2.77. The third kappa shape index (κ3) is 5.64. The second-order valence-corrected chi connectivity index (χ2v) is 7.51. The molecule has 9 heteroatoms. The van der Waals surface area contributed by atoms with Gasteiger partial charge in [-0.25, -0.2) is 8.78 Å². The van der Waals surface area contributed by atoms with E-state index >= 15 is 0 Å². The van der Waals surface area contributed by atoms with E-state index in [0.717, 1.165) is 16.0 Å². The highest BCUT2D eigenvalue weighted by atomic mass is 35.5. The number of aryl methyl sites for hydroxylation is 1. The summed E-state index contributed by atoms with van der Waals surface area (Å²) in [6, 6.07) is 9.85. The quantitative estimate of drug-likeness (QED) is 0.559. The molecule has 0 unspecified atom stereocenters. The Morgan fingerprint density at radius 2 is 1.94 bits per heavy atom. The van der Waals surface area contributed by atoms with Crippen LogP contribution in [0.4, 0.5) is 14.5 Å². The summed E-state index contributed by atoms with van der Waals surface area (Å²) in [5.74, 6) is -0.806. The predicted octanol–water partition coefficient (Wildman–Crippen LogP) is 4.65. The number of carbonyl (C=O) groups is 2. The van der Waals surface area contributed by atoms with Crippen molar-refractivity contribution in [2.24, 2.45) is 0 Å². The first kappa shape index (κ1) is 23.3. The van der Waals surface area contributed by atoms with Gasteiger partial charge in [0.05, 0.1) is 28.5 Å². The van der Waals surface area contributed by atoms with Gasteiger partial charge in [0, 0.05) is 37.6 Å². The fraction of sp³-hybridized carbons (Fsp3) is 0.217. The molecular weight excluding hydrogens is 438 g/mol. The summed E-state index contributed by atoms with van der Waals surface area (Å²) >= 11 is 6.26. The zero-order valence-corrected chi connectivity index (χ0v) is 18.2. The molecule has 166 valence electrons. The van der Waals surface area contributed by atoms with Gasteiger partial charge >= 0.3 is 0 Å². The molecule has 32 heavy (non-hydrogen) atoms. The first-order valence-electron chi connectivity index (χ1n) is 9.76. The lowest BCUT2D eigenvalue weighted by Crippen LogP contribution is -2.33. The van der Waals surface area contributed by atoms with Gasteiger partial charge in [0.15, 0.2) is 0 Å². The highest BCUT2D eigenvalue weighted by Gasteiger charge is 2.20. The van der Waals surface area contributed by atoms with Crippen molar-refractivity contribution in [3.05, 3.63) is 76.7 Å². The minimum Gasteiger partial charge on any atom is -0.348 e. The largest absolute Gasteiger partial charge is 0.348 e. The zero-order valence-electron chi connectivity index (χ0n) is 17.5. The number of halogens is 3. The molecule has 0 aliphatic carbocycles. The maximum atomic E-state index is 12.8. The normalized spacial score (nSPS) is 10.8. The second-order valence-electron chi connectivity index (χ2n) is 7.10. The van der Waals surface area contributed by atoms with Crippen molar-refractivity contribution in [3.63, 3.8) is 0 Å². The lowest BCUT2D eigenvalue weighted by molar-refractivity contribution is -0.117. The predicted molar refractivity (Wildman–Crippen MR) is 119 cm³/mol. The summed E-state index contributed by atoms with van der Waals surface area (Å²) in [7, 11) is 0. The van der Waals surface area contributed by atoms with E-state index in [4.69, 9.17) is 11.6 Å². The fourth-order valence-corrected chi connectivity index (χ4v) is 3.36. The second kappa shape index (κ2) is 10.3. The van der Waals surface area contributed by atoms with E-state index in [9.17, 15) is 18.4 Å². The summed E-state index contributed by atoms with van der Waals surface area (Å²) < 4.78 is 25.6. The Hall–Kier alpha value is -3.39. The van der Waals surface area contributed by atoms with E-state index in [-0.39, 0.29) is 16.6 Å². The molecule has 0 fully saturated rings. The van der Waals surface area contributed by atoms with Crippen molar-refractivity contribution >= 4 is 29.1 Å². The molecule has 0 bridgehead atoms. The molecule has 0 radical (unpaired) electrons. The van der Waals surface area contributed by atoms with E-state index in [2.05, 4.69) is 15.3 Å². The molecule has 0 atom stereocenters. The van der Waals surface area contributed by atoms with Crippen LogP contribution in [0.5, 0.6) is 0 Å². The first-order valence-corrected chi connectivity index (χ1v) is 10.1. The van der Waals surface area contributed by atoms with Gasteiger partial charge in [0.25, 0.3) is 12.3 Å². The van der Waals surface area contributed by atoms with E-state index in [0.29, 0.717) is 23.4 Å². The van der Waals surface area contributed by atoms with Crippen LogP contribution < -0.4 is 10.2 Å². The maximum Gasteiger partial charge on any atom is 0.256 e. The van der Waals surface area contributed by atoms with Gasteiger partial charge in [-0.15, -0.1) is 0 Å². The number of pyridine rings is 2. The van der Waals surface area contributed by atoms with Gasteiger partial charge in [-0.3, -0.25) is 19.6 Å². The monoisotopic (exact) mass is 458 g/mol. The zero-order chi connectivity index (χ0) is 23.3. The molecular formula is C23H21ClF2N4O2. The molecule has 2 aromatic heterocycles. The van der Waals surface area contributed by atoms with Crippen LogP contribution in [-0.4, -0.2) is 34.8 Å². The number of amides is 2. The molecule has 1 N–H and O–H groups in total. The third-order valence-corrected chi connectivity index (χ3v) is 5.15. The van der Waals surface area contributed by atoms with E-state index < -0.39 is 18.9 Å². The lowest BCUT2D eigenvalue weighted by Gasteiger charge is -2.22. The first-order chi connectivity index (χ1) is 15.3. The van der Waals surface area contributed by atoms with Gasteiger partial charge in [-0.05, 0) is 48.4 Å². The number of nitrogens with zero attached hydrogens (tertiary/aromatic N) is 3. The third-order valence-electron chi connectivity index (χ3n) is 4.85. The van der Waals surface area contributed by atoms with Crippen molar-refractivity contribution in [2.45, 2.75) is 26.8 Å². The topological polar surface area (TPSA) is 75.2 Å². The van der Waals surface area contributed by atoms with Crippen LogP contribution in [0.25, 0.3) is 11.3 Å². The molecule has 3 rings (SSSR count). The minimum absolute atomic E-state index is 0.147. The molecule has 0 spiro atoms. The Labute approximate surface area is 189 Å². The van der Waals surface area contributed by atoms with Crippen molar-refractivity contribution in [1.29, 1.82) is 0 Å². The van der Waals surface area contributed by atoms with Gasteiger partial charge in [0.2, 0.25) is 5.91 Å². The van der Waals surface area contributed by atoms with Crippen LogP contribution in [0.1, 0.15) is 28.4 Å². The molecule has 2 amide bonds. The maximum absolute atomic E-state index is 12.8. The number of alkyl halides is 2. The van der Waals surface area contributed by atoms with Crippen LogP contribution in [-0.2, 0) is 11.3 Å². The van der Waals surface area contributed by atoms with Crippen molar-refractivity contribution in [2.75, 3.05) is 11.4 Å². The Bertz CT molecular complexity index is 1120. The molecule has 0 aliphatic heterocycles. The lowest BCUT2D eigenvalue weighted by atomic mass is 10.1. The number of hydrogen-bond donors (Lipinski definition) is 1. The van der Waals surface area contributed by atoms with Crippen LogP contribution in [0.15, 0.2) is 55.0 Å². The van der Waals surface area contributed by atoms with Crippen molar-refractivity contribution in [3.8, 4) is 11.3 Å². The molecule has 1 aromatic carbocycles. The number of carbonyl (C=O) groups excluding carboxylic acids is 2. The summed E-state index contributed by atoms with van der Waals surface area (Å²) in [6.07, 6.45) is 2.16. The van der Waals surface area contributed by atoms with Gasteiger partial charge in [0.1, 0.15) is 0 Å². The van der Waals surface area contributed by atoms with Crippen molar-refractivity contribution in [1.82, 2.24) is 15.3 Å². The van der Waals surface area contributed by atoms with Crippen LogP contribution in [0, 0.1) is 6.92 Å². The number of nitrogens with one attached hydrogen (secondary N) is 1. The number of aromatic nitrogens is 2. The Balaban J connectivity index is 1.72. The SMILES string of the molecule is CC(=O)N(CC(F)F)c1ccc(-c2ccc(C(=O)NCc3cnccc3C)cn2)cc1Cl. The smallest absolute Gasteiger partial charge is 0.256 e. The fourth-order valence-electron chi connectivity index (χ4n) is 3.08. The Morgan fingerprint density at radius 3 is 2.53 bits per heavy atom. The van der Waals surface area contributed by atoms with Gasteiger partial charge in [-0.1, -0.05) is 17.7 Å². The molecule has 0 saturated carbocycles. The summed E-state index contributed by atoms with van der Waals surface area (Å²) in [5.41, 5.74) is 3.71. The van der Waals surface area contributed by atoms with Crippen LogP contribution in [0.2, 0.25) is 5.02 Å². The molecule has 6 nitrogen and oxygen atoms in total. The average molecular weight is 459 g/mol. The van der Waals surface area contributed by atoms with Crippen molar-refractivity contribution < 1.29 is 18.4 Å². The molecule has 0 saturated heterocycles. The summed E-state index contributed by atoms with van der Waals surface area (Å²) in [6.45, 7) is 2.75. The van der Waals surface area contributed by atoms with E-state index in [1.807, 2.05) is 13.0 Å². The van der Waals surface area contributed by atoms with E-state index in [1.165, 1.54) is 19.2 Å². The summed E-state index contributed by atoms with van der Waals surface area (Å²) in [4.78, 5) is 33.4. The number of hydrogen-bond acceptors (Lipinski definition) is 4. The van der Waals surface area contributed by atoms with Crippen LogP contribution in [0.3, 0.4) is 0 Å². The number of benzene rings is 1. The van der Waals surface area contributed by atoms with Gasteiger partial charge < -0.3 is 10.2 Å². The Morgan fingerprint density at radius 1 is 1.16 bits per heavy atom. The standard InChI is InChI=1S/C23H21ClF2N4O2/c1-14-7-8-27-10-18(14)12-29-23(32)17-3-5-20(28-11-17)16-4-6-21(19(24)9-16)30(15(2)31)13-22(25)26/h3-11,22H,12-13H2,1-2H3,(H,29,32). The van der Waals surface area contributed by atoms with Gasteiger partial charge in [-0.2, -0.15) is 0 Å². The summed E-state index contributed by atoms with van der Waals surface area (Å²) in [5, 5.41) is 2.98.